The molecule has 0 aliphatic carbocycles. The molecule has 8 heteroatoms. The Morgan fingerprint density at radius 2 is 1.40 bits per heavy atom. The highest BCUT2D eigenvalue weighted by Crippen LogP contribution is 2.32. The van der Waals surface area contributed by atoms with Gasteiger partial charge in [-0.1, -0.05) is 42.0 Å². The van der Waals surface area contributed by atoms with Crippen LogP contribution >= 0.6 is 0 Å². The number of rotatable bonds is 4. The van der Waals surface area contributed by atoms with Crippen molar-refractivity contribution in [1.29, 1.82) is 0 Å². The molecule has 0 aliphatic rings. The van der Waals surface area contributed by atoms with Gasteiger partial charge in [0.25, 0.3) is 0 Å². The first-order valence-corrected chi connectivity index (χ1v) is 9.99. The molecule has 0 amide bonds. The summed E-state index contributed by atoms with van der Waals surface area (Å²) in [5.74, 6) is -0.0522. The van der Waals surface area contributed by atoms with Gasteiger partial charge in [0.1, 0.15) is 15.0 Å². The monoisotopic (exact) mass is 377 g/mol. The second-order valence-corrected chi connectivity index (χ2v) is 8.31. The van der Waals surface area contributed by atoms with Crippen molar-refractivity contribution < 1.29 is 25.6 Å². The van der Waals surface area contributed by atoms with E-state index in [1.807, 2.05) is 6.92 Å². The first kappa shape index (κ1) is 17.4. The summed E-state index contributed by atoms with van der Waals surface area (Å²) >= 11 is 0. The average molecular weight is 377 g/mol. The maximum Gasteiger partial charge on any atom is 0.339 e. The van der Waals surface area contributed by atoms with Crippen molar-refractivity contribution in [3.8, 4) is 5.75 Å². The van der Waals surface area contributed by atoms with E-state index in [2.05, 4.69) is 0 Å². The Hall–Kier alpha value is -2.42. The van der Waals surface area contributed by atoms with Gasteiger partial charge in [0.2, 0.25) is 0 Å². The van der Waals surface area contributed by atoms with Crippen LogP contribution < -0.4 is 4.18 Å². The van der Waals surface area contributed by atoms with Crippen LogP contribution in [0.4, 0.5) is 0 Å². The molecule has 0 saturated carbocycles. The third kappa shape index (κ3) is 3.51. The Morgan fingerprint density at radius 1 is 0.800 bits per heavy atom. The van der Waals surface area contributed by atoms with Crippen LogP contribution in [0.25, 0.3) is 10.8 Å². The van der Waals surface area contributed by atoms with Crippen LogP contribution in [0.3, 0.4) is 0 Å². The van der Waals surface area contributed by atoms with Gasteiger partial charge < -0.3 is 8.74 Å². The van der Waals surface area contributed by atoms with Crippen LogP contribution in [-0.2, 0) is 20.2 Å². The molecule has 3 rings (SSSR count). The zero-order valence-corrected chi connectivity index (χ0v) is 14.7. The van der Waals surface area contributed by atoms with E-state index in [1.54, 1.807) is 12.1 Å². The van der Waals surface area contributed by atoms with Gasteiger partial charge in [-0.3, -0.25) is 0 Å². The molecule has 25 heavy (non-hydrogen) atoms. The average Bonchev–Trinajstić information content (AvgIpc) is 2.54. The molecule has 0 aromatic heterocycles. The van der Waals surface area contributed by atoms with E-state index in [9.17, 15) is 21.4 Å². The fraction of sp³-hybridized carbons (Fsp3) is 0.0588. The second-order valence-electron chi connectivity index (χ2n) is 5.41. The lowest BCUT2D eigenvalue weighted by Crippen LogP contribution is -2.10. The molecule has 0 heterocycles. The Bertz CT molecular complexity index is 1150. The van der Waals surface area contributed by atoms with Gasteiger partial charge in [-0.05, 0) is 31.2 Å². The topological polar surface area (TPSA) is 101 Å². The Balaban J connectivity index is 2.13. The lowest BCUT2D eigenvalue weighted by atomic mass is 10.1. The quantitative estimate of drug-likeness (QED) is 0.512. The van der Waals surface area contributed by atoms with E-state index in [-0.39, 0.29) is 21.4 Å². The molecule has 130 valence electrons. The molecule has 3 aromatic carbocycles. The predicted octanol–water partition coefficient (Wildman–Crippen LogP) is 2.82. The molecule has 0 radical (unpaired) electrons. The van der Waals surface area contributed by atoms with Crippen LogP contribution in [0.5, 0.6) is 5.75 Å². The largest absolute Gasteiger partial charge is 0.744 e. The van der Waals surface area contributed by atoms with Crippen LogP contribution in [0, 0.1) is 6.92 Å². The lowest BCUT2D eigenvalue weighted by molar-refractivity contribution is 0.464. The van der Waals surface area contributed by atoms with Crippen molar-refractivity contribution in [2.45, 2.75) is 16.7 Å². The minimum Gasteiger partial charge on any atom is -0.744 e. The molecule has 0 saturated heterocycles. The van der Waals surface area contributed by atoms with Gasteiger partial charge in [0, 0.05) is 10.8 Å². The fourth-order valence-corrected chi connectivity index (χ4v) is 4.05. The highest BCUT2D eigenvalue weighted by atomic mass is 32.2. The minimum atomic E-state index is -4.70. The molecule has 0 aliphatic heterocycles. The third-order valence-electron chi connectivity index (χ3n) is 3.62. The minimum absolute atomic E-state index is 0.0253. The zero-order chi connectivity index (χ0) is 18.2. The highest BCUT2D eigenvalue weighted by Gasteiger charge is 2.19. The number of benzene rings is 3. The van der Waals surface area contributed by atoms with E-state index >= 15 is 0 Å². The smallest absolute Gasteiger partial charge is 0.339 e. The van der Waals surface area contributed by atoms with Crippen LogP contribution in [-0.4, -0.2) is 21.4 Å². The van der Waals surface area contributed by atoms with Crippen molar-refractivity contribution in [2.24, 2.45) is 0 Å². The molecule has 0 spiro atoms. The molecule has 0 atom stereocenters. The predicted molar refractivity (Wildman–Crippen MR) is 90.9 cm³/mol. The van der Waals surface area contributed by atoms with Crippen LogP contribution in [0.1, 0.15) is 5.56 Å². The summed E-state index contributed by atoms with van der Waals surface area (Å²) in [4.78, 5) is -0.453. The van der Waals surface area contributed by atoms with E-state index in [0.717, 1.165) is 5.56 Å². The number of hydrogen-bond acceptors (Lipinski definition) is 6. The number of aryl methyl sites for hydroxylation is 1. The Kier molecular flexibility index (Phi) is 4.28. The van der Waals surface area contributed by atoms with E-state index in [1.165, 1.54) is 48.5 Å². The van der Waals surface area contributed by atoms with Gasteiger partial charge in [0.05, 0.1) is 4.90 Å². The third-order valence-corrected chi connectivity index (χ3v) is 5.76. The summed E-state index contributed by atoms with van der Waals surface area (Å²) < 4.78 is 64.2. The first-order chi connectivity index (χ1) is 11.7. The summed E-state index contributed by atoms with van der Waals surface area (Å²) in [5.41, 5.74) is 0.898. The van der Waals surface area contributed by atoms with Crippen molar-refractivity contribution in [1.82, 2.24) is 0 Å². The van der Waals surface area contributed by atoms with Gasteiger partial charge in [-0.25, -0.2) is 8.42 Å². The second kappa shape index (κ2) is 6.14. The van der Waals surface area contributed by atoms with Crippen LogP contribution in [0.15, 0.2) is 70.5 Å². The maximum atomic E-state index is 12.4. The lowest BCUT2D eigenvalue weighted by Gasteiger charge is -2.13. The van der Waals surface area contributed by atoms with Gasteiger partial charge in [-0.15, -0.1) is 0 Å². The SMILES string of the molecule is Cc1ccc(S(=O)(=O)Oc2cccc3c(S(=O)(=O)[O-])cccc23)cc1. The molecule has 0 unspecified atom stereocenters. The van der Waals surface area contributed by atoms with Crippen molar-refractivity contribution >= 4 is 31.0 Å². The van der Waals surface area contributed by atoms with E-state index in [0.29, 0.717) is 0 Å². The van der Waals surface area contributed by atoms with Crippen molar-refractivity contribution in [2.75, 3.05) is 0 Å². The molecular formula is C17H13O6S2-. The first-order valence-electron chi connectivity index (χ1n) is 7.17. The Labute approximate surface area is 145 Å². The summed E-state index contributed by atoms with van der Waals surface area (Å²) in [6.07, 6.45) is 0. The normalized spacial score (nSPS) is 12.2. The number of fused-ring (bicyclic) bond motifs is 1. The molecule has 6 nitrogen and oxygen atoms in total. The van der Waals surface area contributed by atoms with Gasteiger partial charge >= 0.3 is 10.1 Å². The highest BCUT2D eigenvalue weighted by molar-refractivity contribution is 7.87. The molecule has 0 fully saturated rings. The van der Waals surface area contributed by atoms with E-state index < -0.39 is 25.1 Å². The molecular weight excluding hydrogens is 364 g/mol. The Morgan fingerprint density at radius 3 is 2.04 bits per heavy atom. The molecule has 0 bridgehead atoms. The fourth-order valence-electron chi connectivity index (χ4n) is 2.41. The molecule has 3 aromatic rings. The summed E-state index contributed by atoms with van der Waals surface area (Å²) in [6, 6.07) is 14.4. The summed E-state index contributed by atoms with van der Waals surface area (Å²) in [6.45, 7) is 1.83. The van der Waals surface area contributed by atoms with E-state index in [4.69, 9.17) is 4.18 Å². The van der Waals surface area contributed by atoms with Gasteiger partial charge in [-0.2, -0.15) is 8.42 Å². The van der Waals surface area contributed by atoms with Crippen molar-refractivity contribution in [3.63, 3.8) is 0 Å². The zero-order valence-electron chi connectivity index (χ0n) is 13.0. The van der Waals surface area contributed by atoms with Crippen LogP contribution in [0.2, 0.25) is 0 Å². The standard InChI is InChI=1S/C17H14O6S2/c1-12-8-10-13(11-9-12)25(21,22)23-16-6-2-5-15-14(16)4-3-7-17(15)24(18,19)20/h2-11H,1H3,(H,18,19,20)/p-1. The maximum absolute atomic E-state index is 12.4. The number of hydrogen-bond donors (Lipinski definition) is 0. The summed E-state index contributed by atoms with van der Waals surface area (Å²) in [5, 5.41) is 0.323. The van der Waals surface area contributed by atoms with Gasteiger partial charge in [0.15, 0.2) is 5.75 Å². The van der Waals surface area contributed by atoms with Crippen molar-refractivity contribution in [3.05, 3.63) is 66.2 Å². The molecule has 0 N–H and O–H groups in total. The summed E-state index contributed by atoms with van der Waals surface area (Å²) in [7, 11) is -8.80.